The first kappa shape index (κ1) is 19.4. The molecule has 1 N–H and O–H groups in total. The van der Waals surface area contributed by atoms with Crippen molar-refractivity contribution >= 4 is 11.6 Å². The molecule has 8 nitrogen and oxygen atoms in total. The van der Waals surface area contributed by atoms with Crippen LogP contribution in [0.1, 0.15) is 28.8 Å². The number of carbonyl (C=O) groups excluding carboxylic acids is 1. The van der Waals surface area contributed by atoms with E-state index < -0.39 is 11.7 Å². The Kier molecular flexibility index (Phi) is 5.05. The number of hydrogen-bond acceptors (Lipinski definition) is 5. The zero-order chi connectivity index (χ0) is 21.3. The highest BCUT2D eigenvalue weighted by atomic mass is 19.1. The van der Waals surface area contributed by atoms with E-state index in [-0.39, 0.29) is 11.5 Å². The molecule has 0 fully saturated rings. The van der Waals surface area contributed by atoms with Crippen molar-refractivity contribution in [2.45, 2.75) is 20.3 Å². The van der Waals surface area contributed by atoms with Crippen LogP contribution in [0.4, 0.5) is 14.5 Å². The second-order valence-electron chi connectivity index (χ2n) is 6.50. The third-order valence-electron chi connectivity index (χ3n) is 4.58. The fourth-order valence-electron chi connectivity index (χ4n) is 3.11. The topological polar surface area (TPSA) is 90.5 Å². The largest absolute Gasteiger partial charge is 0.322 e. The average molecular weight is 409 g/mol. The van der Waals surface area contributed by atoms with Crippen LogP contribution in [0.25, 0.3) is 11.4 Å². The summed E-state index contributed by atoms with van der Waals surface area (Å²) in [6.07, 6.45) is 1.98. The highest BCUT2D eigenvalue weighted by Crippen LogP contribution is 2.21. The van der Waals surface area contributed by atoms with Gasteiger partial charge in [0.2, 0.25) is 0 Å². The van der Waals surface area contributed by atoms with E-state index in [1.54, 1.807) is 23.7 Å². The summed E-state index contributed by atoms with van der Waals surface area (Å²) in [5.41, 5.74) is 2.17. The number of nitrogens with one attached hydrogen (secondary N) is 1. The van der Waals surface area contributed by atoms with Crippen molar-refractivity contribution in [1.82, 2.24) is 30.0 Å². The zero-order valence-electron chi connectivity index (χ0n) is 16.2. The molecule has 30 heavy (non-hydrogen) atoms. The summed E-state index contributed by atoms with van der Waals surface area (Å²) < 4.78 is 30.3. The number of hydrogen-bond donors (Lipinski definition) is 1. The maximum atomic E-state index is 14.2. The van der Waals surface area contributed by atoms with Gasteiger partial charge in [0.15, 0.2) is 5.82 Å². The Morgan fingerprint density at radius 3 is 2.53 bits per heavy atom. The Balaban J connectivity index is 1.64. The van der Waals surface area contributed by atoms with Gasteiger partial charge in [0, 0.05) is 5.69 Å². The predicted molar refractivity (Wildman–Crippen MR) is 105 cm³/mol. The van der Waals surface area contributed by atoms with Crippen LogP contribution in [-0.2, 0) is 6.42 Å². The SMILES string of the molecule is CCc1c(C(=O)Nc2ccc(F)c(-n3nnnc3C)c2)cnn1-c1ccc(F)cc1. The molecule has 2 heterocycles. The molecule has 4 rings (SSSR count). The molecule has 10 heteroatoms. The highest BCUT2D eigenvalue weighted by molar-refractivity contribution is 6.05. The van der Waals surface area contributed by atoms with E-state index in [9.17, 15) is 13.6 Å². The molecule has 0 aliphatic heterocycles. The van der Waals surface area contributed by atoms with E-state index >= 15 is 0 Å². The normalized spacial score (nSPS) is 10.9. The van der Waals surface area contributed by atoms with E-state index in [0.29, 0.717) is 34.9 Å². The molecule has 4 aromatic rings. The van der Waals surface area contributed by atoms with Gasteiger partial charge in [-0.25, -0.2) is 13.5 Å². The van der Waals surface area contributed by atoms with Crippen LogP contribution < -0.4 is 5.32 Å². The number of aromatic nitrogens is 6. The first-order valence-electron chi connectivity index (χ1n) is 9.17. The van der Waals surface area contributed by atoms with Gasteiger partial charge in [-0.3, -0.25) is 4.79 Å². The van der Waals surface area contributed by atoms with Crippen molar-refractivity contribution in [3.05, 3.63) is 77.4 Å². The molecule has 0 radical (unpaired) electrons. The van der Waals surface area contributed by atoms with Crippen LogP contribution in [0.5, 0.6) is 0 Å². The first-order valence-corrected chi connectivity index (χ1v) is 9.17. The van der Waals surface area contributed by atoms with E-state index in [2.05, 4.69) is 25.9 Å². The molecule has 2 aromatic carbocycles. The zero-order valence-corrected chi connectivity index (χ0v) is 16.2. The highest BCUT2D eigenvalue weighted by Gasteiger charge is 2.18. The smallest absolute Gasteiger partial charge is 0.259 e. The molecule has 0 atom stereocenters. The first-order chi connectivity index (χ1) is 14.5. The fourth-order valence-corrected chi connectivity index (χ4v) is 3.11. The lowest BCUT2D eigenvalue weighted by Crippen LogP contribution is -2.15. The molecular weight excluding hydrogens is 392 g/mol. The quantitative estimate of drug-likeness (QED) is 0.546. The fraction of sp³-hybridized carbons (Fsp3) is 0.150. The number of amides is 1. The molecule has 0 bridgehead atoms. The second kappa shape index (κ2) is 7.82. The maximum Gasteiger partial charge on any atom is 0.259 e. The van der Waals surface area contributed by atoms with Crippen LogP contribution >= 0.6 is 0 Å². The van der Waals surface area contributed by atoms with Gasteiger partial charge in [-0.05, 0) is 66.2 Å². The number of halogens is 2. The minimum Gasteiger partial charge on any atom is -0.322 e. The summed E-state index contributed by atoms with van der Waals surface area (Å²) in [5, 5.41) is 18.0. The van der Waals surface area contributed by atoms with Gasteiger partial charge in [-0.15, -0.1) is 5.10 Å². The summed E-state index contributed by atoms with van der Waals surface area (Å²) in [6.45, 7) is 3.53. The molecule has 0 aliphatic rings. The van der Waals surface area contributed by atoms with Crippen molar-refractivity contribution in [2.24, 2.45) is 0 Å². The molecule has 2 aromatic heterocycles. The Labute approximate surface area is 170 Å². The Morgan fingerprint density at radius 1 is 1.10 bits per heavy atom. The molecule has 0 aliphatic carbocycles. The molecule has 0 unspecified atom stereocenters. The lowest BCUT2D eigenvalue weighted by Gasteiger charge is -2.10. The number of aryl methyl sites for hydroxylation is 1. The van der Waals surface area contributed by atoms with Gasteiger partial charge in [0.1, 0.15) is 17.3 Å². The Hall–Kier alpha value is -3.95. The van der Waals surface area contributed by atoms with Gasteiger partial charge in [-0.1, -0.05) is 6.92 Å². The number of anilines is 1. The second-order valence-corrected chi connectivity index (χ2v) is 6.50. The Bertz CT molecular complexity index is 1210. The van der Waals surface area contributed by atoms with Crippen molar-refractivity contribution in [3.63, 3.8) is 0 Å². The van der Waals surface area contributed by atoms with E-state index in [4.69, 9.17) is 0 Å². The number of tetrazole rings is 1. The van der Waals surface area contributed by atoms with Crippen LogP contribution in [0.3, 0.4) is 0 Å². The number of carbonyl (C=O) groups is 1. The van der Waals surface area contributed by atoms with Gasteiger partial charge in [-0.2, -0.15) is 9.78 Å². The lowest BCUT2D eigenvalue weighted by atomic mass is 10.1. The molecule has 152 valence electrons. The average Bonchev–Trinajstić information content (AvgIpc) is 3.36. The van der Waals surface area contributed by atoms with Crippen LogP contribution in [0, 0.1) is 18.6 Å². The van der Waals surface area contributed by atoms with Gasteiger partial charge >= 0.3 is 0 Å². The van der Waals surface area contributed by atoms with E-state index in [1.165, 1.54) is 41.2 Å². The monoisotopic (exact) mass is 409 g/mol. The van der Waals surface area contributed by atoms with Crippen LogP contribution in [0.2, 0.25) is 0 Å². The van der Waals surface area contributed by atoms with E-state index in [1.807, 2.05) is 6.92 Å². The lowest BCUT2D eigenvalue weighted by molar-refractivity contribution is 0.102. The summed E-state index contributed by atoms with van der Waals surface area (Å²) in [5.74, 6) is -0.869. The van der Waals surface area contributed by atoms with Crippen molar-refractivity contribution in [1.29, 1.82) is 0 Å². The van der Waals surface area contributed by atoms with Gasteiger partial charge < -0.3 is 5.32 Å². The number of rotatable bonds is 5. The Morgan fingerprint density at radius 2 is 1.87 bits per heavy atom. The number of benzene rings is 2. The van der Waals surface area contributed by atoms with Crippen molar-refractivity contribution in [3.8, 4) is 11.4 Å². The summed E-state index contributed by atoms with van der Waals surface area (Å²) in [7, 11) is 0. The predicted octanol–water partition coefficient (Wildman–Crippen LogP) is 3.25. The molecular formula is C20H17F2N7O. The van der Waals surface area contributed by atoms with Gasteiger partial charge in [0.05, 0.1) is 23.1 Å². The van der Waals surface area contributed by atoms with Crippen LogP contribution in [-0.4, -0.2) is 35.9 Å². The van der Waals surface area contributed by atoms with E-state index in [0.717, 1.165) is 0 Å². The maximum absolute atomic E-state index is 14.2. The van der Waals surface area contributed by atoms with Crippen molar-refractivity contribution < 1.29 is 13.6 Å². The third kappa shape index (κ3) is 3.54. The summed E-state index contributed by atoms with van der Waals surface area (Å²) in [6, 6.07) is 9.97. The minimum absolute atomic E-state index is 0.119. The third-order valence-corrected chi connectivity index (χ3v) is 4.58. The molecule has 1 amide bonds. The molecule has 0 spiro atoms. The van der Waals surface area contributed by atoms with Crippen molar-refractivity contribution in [2.75, 3.05) is 5.32 Å². The summed E-state index contributed by atoms with van der Waals surface area (Å²) >= 11 is 0. The standard InChI is InChI=1S/C20H17F2N7O/c1-3-18-16(11-23-29(18)15-7-4-13(21)5-8-15)20(30)24-14-6-9-17(22)19(10-14)28-12(2)25-26-27-28/h4-11H,3H2,1-2H3,(H,24,30). The summed E-state index contributed by atoms with van der Waals surface area (Å²) in [4.78, 5) is 12.9. The number of nitrogens with zero attached hydrogens (tertiary/aromatic N) is 6. The van der Waals surface area contributed by atoms with Crippen LogP contribution in [0.15, 0.2) is 48.7 Å². The van der Waals surface area contributed by atoms with Gasteiger partial charge in [0.25, 0.3) is 5.91 Å². The minimum atomic E-state index is -0.526. The molecule has 0 saturated heterocycles. The molecule has 0 saturated carbocycles.